The van der Waals surface area contributed by atoms with Crippen LogP contribution in [0.5, 0.6) is 0 Å². The first-order chi connectivity index (χ1) is 3.80. The van der Waals surface area contributed by atoms with E-state index < -0.39 is 0 Å². The summed E-state index contributed by atoms with van der Waals surface area (Å²) in [4.78, 5) is 0. The molecule has 11 heavy (non-hydrogen) atoms. The molecule has 0 spiro atoms. The Bertz CT molecular complexity index is 75.0. The van der Waals surface area contributed by atoms with Crippen LogP contribution in [0.15, 0.2) is 0 Å². The number of rotatable bonds is 0. The maximum absolute atomic E-state index is 5.65. The van der Waals surface area contributed by atoms with Crippen molar-refractivity contribution < 1.29 is 41.9 Å². The molecular formula is C6H14Cl2CuN2. The molecule has 0 heterocycles. The Morgan fingerprint density at radius 2 is 1.09 bits per heavy atom. The minimum Gasteiger partial charge on any atom is -1.00 e. The fourth-order valence-corrected chi connectivity index (χ4v) is 1.19. The third kappa shape index (κ3) is 6.21. The van der Waals surface area contributed by atoms with Gasteiger partial charge in [-0.25, -0.2) is 0 Å². The molecule has 1 saturated carbocycles. The number of nitrogens with two attached hydrogens (primary N) is 2. The van der Waals surface area contributed by atoms with Crippen molar-refractivity contribution in [3.05, 3.63) is 0 Å². The third-order valence-corrected chi connectivity index (χ3v) is 1.87. The van der Waals surface area contributed by atoms with Gasteiger partial charge in [-0.3, -0.25) is 0 Å². The zero-order valence-electron chi connectivity index (χ0n) is 6.20. The van der Waals surface area contributed by atoms with Gasteiger partial charge in [0.2, 0.25) is 0 Å². The molecule has 2 nitrogen and oxygen atoms in total. The molecule has 0 aromatic carbocycles. The van der Waals surface area contributed by atoms with Crippen LogP contribution in [0, 0.1) is 0 Å². The van der Waals surface area contributed by atoms with Crippen molar-refractivity contribution in [1.29, 1.82) is 0 Å². The smallest absolute Gasteiger partial charge is 1.00 e. The Kier molecular flexibility index (Phi) is 14.9. The van der Waals surface area contributed by atoms with E-state index in [0.717, 1.165) is 12.8 Å². The average Bonchev–Trinajstić information content (AvgIpc) is 1.77. The van der Waals surface area contributed by atoms with Crippen molar-refractivity contribution in [2.24, 2.45) is 11.5 Å². The molecule has 0 aliphatic heterocycles. The second-order valence-electron chi connectivity index (χ2n) is 2.61. The largest absolute Gasteiger partial charge is 2.00 e. The summed E-state index contributed by atoms with van der Waals surface area (Å²) in [7, 11) is 0. The molecule has 0 saturated heterocycles. The summed E-state index contributed by atoms with van der Waals surface area (Å²) in [6.45, 7) is 0. The number of hydrogen-bond acceptors (Lipinski definition) is 2. The van der Waals surface area contributed by atoms with E-state index in [9.17, 15) is 0 Å². The molecule has 1 aliphatic rings. The average molecular weight is 249 g/mol. The van der Waals surface area contributed by atoms with Crippen LogP contribution < -0.4 is 36.3 Å². The molecule has 1 rings (SSSR count). The monoisotopic (exact) mass is 247 g/mol. The second kappa shape index (κ2) is 9.11. The summed E-state index contributed by atoms with van der Waals surface area (Å²) in [5.74, 6) is 0. The van der Waals surface area contributed by atoms with Gasteiger partial charge in [-0.05, 0) is 12.8 Å². The second-order valence-corrected chi connectivity index (χ2v) is 2.61. The van der Waals surface area contributed by atoms with Gasteiger partial charge in [0, 0.05) is 12.1 Å². The van der Waals surface area contributed by atoms with Gasteiger partial charge in [-0.15, -0.1) is 0 Å². The first kappa shape index (κ1) is 17.9. The maximum Gasteiger partial charge on any atom is 2.00 e. The SMILES string of the molecule is NC1CCCCC1N.[Cl-].[Cl-].[Cu+2]. The predicted octanol–water partition coefficient (Wildman–Crippen LogP) is -5.78. The minimum atomic E-state index is 0. The van der Waals surface area contributed by atoms with Gasteiger partial charge in [0.15, 0.2) is 0 Å². The molecule has 4 N–H and O–H groups in total. The van der Waals surface area contributed by atoms with Gasteiger partial charge in [0.25, 0.3) is 0 Å². The Morgan fingerprint density at radius 1 is 0.818 bits per heavy atom. The van der Waals surface area contributed by atoms with Crippen LogP contribution in [-0.4, -0.2) is 12.1 Å². The summed E-state index contributed by atoms with van der Waals surface area (Å²) in [5, 5.41) is 0. The van der Waals surface area contributed by atoms with Crippen molar-refractivity contribution >= 4 is 0 Å². The van der Waals surface area contributed by atoms with Gasteiger partial charge >= 0.3 is 17.1 Å². The van der Waals surface area contributed by atoms with Crippen molar-refractivity contribution in [3.63, 3.8) is 0 Å². The van der Waals surface area contributed by atoms with Crippen LogP contribution in [0.3, 0.4) is 0 Å². The Morgan fingerprint density at radius 3 is 1.27 bits per heavy atom. The molecule has 0 bridgehead atoms. The Labute approximate surface area is 91.1 Å². The molecule has 1 radical (unpaired) electrons. The van der Waals surface area contributed by atoms with E-state index in [4.69, 9.17) is 11.5 Å². The zero-order chi connectivity index (χ0) is 5.98. The van der Waals surface area contributed by atoms with Crippen LogP contribution in [0.25, 0.3) is 0 Å². The minimum absolute atomic E-state index is 0. The van der Waals surface area contributed by atoms with E-state index in [1.54, 1.807) is 0 Å². The maximum atomic E-state index is 5.65. The van der Waals surface area contributed by atoms with Gasteiger partial charge in [0.05, 0.1) is 0 Å². The molecule has 0 amide bonds. The van der Waals surface area contributed by atoms with Crippen molar-refractivity contribution in [3.8, 4) is 0 Å². The van der Waals surface area contributed by atoms with E-state index in [2.05, 4.69) is 0 Å². The molecule has 1 aliphatic carbocycles. The van der Waals surface area contributed by atoms with E-state index in [1.165, 1.54) is 12.8 Å². The number of hydrogen-bond donors (Lipinski definition) is 2. The molecule has 2 unspecified atom stereocenters. The van der Waals surface area contributed by atoms with Gasteiger partial charge < -0.3 is 36.3 Å². The van der Waals surface area contributed by atoms with Crippen molar-refractivity contribution in [1.82, 2.24) is 0 Å². The zero-order valence-corrected chi connectivity index (χ0v) is 8.65. The molecule has 73 valence electrons. The van der Waals surface area contributed by atoms with Crippen LogP contribution in [-0.2, 0) is 17.1 Å². The van der Waals surface area contributed by atoms with Crippen LogP contribution in [0.2, 0.25) is 0 Å². The molecule has 2 atom stereocenters. The Balaban J connectivity index is -0.000000213. The topological polar surface area (TPSA) is 52.0 Å². The van der Waals surface area contributed by atoms with Crippen molar-refractivity contribution in [2.45, 2.75) is 37.8 Å². The normalized spacial score (nSPS) is 28.9. The standard InChI is InChI=1S/C6H14N2.2ClH.Cu/c7-5-3-1-2-4-6(5)8;;;/h5-6H,1-4,7-8H2;2*1H;/q;;;+2/p-2. The fourth-order valence-electron chi connectivity index (χ4n) is 1.19. The molecule has 5 heteroatoms. The summed E-state index contributed by atoms with van der Waals surface area (Å²) in [6, 6.07) is 0.562. The number of halogens is 2. The van der Waals surface area contributed by atoms with Gasteiger partial charge in [-0.1, -0.05) is 12.8 Å². The predicted molar refractivity (Wildman–Crippen MR) is 34.4 cm³/mol. The van der Waals surface area contributed by atoms with Crippen LogP contribution in [0.1, 0.15) is 25.7 Å². The van der Waals surface area contributed by atoms with Gasteiger partial charge in [0.1, 0.15) is 0 Å². The Hall–Kier alpha value is 1.02. The van der Waals surface area contributed by atoms with Crippen molar-refractivity contribution in [2.75, 3.05) is 0 Å². The molecule has 0 aromatic rings. The van der Waals surface area contributed by atoms with Gasteiger partial charge in [-0.2, -0.15) is 0 Å². The van der Waals surface area contributed by atoms with E-state index >= 15 is 0 Å². The summed E-state index contributed by atoms with van der Waals surface area (Å²) in [5.41, 5.74) is 11.3. The summed E-state index contributed by atoms with van der Waals surface area (Å²) < 4.78 is 0. The molecular weight excluding hydrogens is 235 g/mol. The fraction of sp³-hybridized carbons (Fsp3) is 1.00. The summed E-state index contributed by atoms with van der Waals surface area (Å²) >= 11 is 0. The van der Waals surface area contributed by atoms with E-state index in [1.807, 2.05) is 0 Å². The van der Waals surface area contributed by atoms with E-state index in [0.29, 0.717) is 0 Å². The first-order valence-electron chi connectivity index (χ1n) is 3.32. The quantitative estimate of drug-likeness (QED) is 0.420. The molecule has 1 fully saturated rings. The van der Waals surface area contributed by atoms with Crippen LogP contribution in [0.4, 0.5) is 0 Å². The third-order valence-electron chi connectivity index (χ3n) is 1.87. The molecule has 0 aromatic heterocycles. The summed E-state index contributed by atoms with van der Waals surface area (Å²) in [6.07, 6.45) is 4.80. The first-order valence-corrected chi connectivity index (χ1v) is 3.32. The van der Waals surface area contributed by atoms with E-state index in [-0.39, 0.29) is 54.0 Å². The van der Waals surface area contributed by atoms with Crippen LogP contribution >= 0.6 is 0 Å².